The molecule has 1 aromatic carbocycles. The molecule has 2 heterocycles. The Kier molecular flexibility index (Phi) is 7.25. The van der Waals surface area contributed by atoms with Gasteiger partial charge in [-0.25, -0.2) is 0 Å². The number of aliphatic hydroxyl groups excluding tert-OH is 1. The SMILES string of the molecule is C[C@@H]1CN([C@H](C)CO)C(=O)c2cccc(NC(=O)c3ccncc3)c2O[C@H]1CN(C)C. The van der Waals surface area contributed by atoms with Gasteiger partial charge in [-0.15, -0.1) is 0 Å². The van der Waals surface area contributed by atoms with E-state index in [0.29, 0.717) is 35.7 Å². The largest absolute Gasteiger partial charge is 0.486 e. The molecule has 0 aliphatic carbocycles. The Morgan fingerprint density at radius 1 is 1.32 bits per heavy atom. The lowest BCUT2D eigenvalue weighted by Crippen LogP contribution is -2.49. The van der Waals surface area contributed by atoms with Crippen LogP contribution in [0.15, 0.2) is 42.7 Å². The first-order valence-electron chi connectivity index (χ1n) is 10.4. The number of likely N-dealkylation sites (N-methyl/N-ethyl adjacent to an activating group) is 1. The van der Waals surface area contributed by atoms with Crippen LogP contribution >= 0.6 is 0 Å². The zero-order valence-corrected chi connectivity index (χ0v) is 18.4. The number of amides is 2. The van der Waals surface area contributed by atoms with Gasteiger partial charge in [0, 0.05) is 37.0 Å². The molecule has 0 saturated heterocycles. The zero-order valence-electron chi connectivity index (χ0n) is 18.4. The quantitative estimate of drug-likeness (QED) is 0.735. The van der Waals surface area contributed by atoms with Crippen LogP contribution in [0.25, 0.3) is 0 Å². The summed E-state index contributed by atoms with van der Waals surface area (Å²) in [5.41, 5.74) is 1.25. The van der Waals surface area contributed by atoms with Crippen molar-refractivity contribution in [3.63, 3.8) is 0 Å². The first-order chi connectivity index (χ1) is 14.8. The van der Waals surface area contributed by atoms with Crippen LogP contribution < -0.4 is 10.1 Å². The van der Waals surface area contributed by atoms with Gasteiger partial charge < -0.3 is 25.0 Å². The highest BCUT2D eigenvalue weighted by molar-refractivity contribution is 6.07. The van der Waals surface area contributed by atoms with Crippen LogP contribution in [0.3, 0.4) is 0 Å². The van der Waals surface area contributed by atoms with Crippen LogP contribution in [-0.2, 0) is 0 Å². The van der Waals surface area contributed by atoms with Crippen LogP contribution in [-0.4, -0.2) is 77.6 Å². The molecule has 3 rings (SSSR count). The molecule has 2 aromatic rings. The molecule has 31 heavy (non-hydrogen) atoms. The Bertz CT molecular complexity index is 919. The maximum absolute atomic E-state index is 13.4. The van der Waals surface area contributed by atoms with Crippen molar-refractivity contribution in [3.05, 3.63) is 53.9 Å². The monoisotopic (exact) mass is 426 g/mol. The number of hydrogen-bond donors (Lipinski definition) is 2. The van der Waals surface area contributed by atoms with E-state index in [9.17, 15) is 14.7 Å². The fraction of sp³-hybridized carbons (Fsp3) is 0.435. The second-order valence-electron chi connectivity index (χ2n) is 8.26. The van der Waals surface area contributed by atoms with Gasteiger partial charge in [-0.1, -0.05) is 13.0 Å². The normalized spacial score (nSPS) is 19.8. The highest BCUT2D eigenvalue weighted by Crippen LogP contribution is 2.35. The first-order valence-corrected chi connectivity index (χ1v) is 10.4. The highest BCUT2D eigenvalue weighted by atomic mass is 16.5. The Morgan fingerprint density at radius 2 is 2.03 bits per heavy atom. The summed E-state index contributed by atoms with van der Waals surface area (Å²) in [6, 6.07) is 8.04. The molecular weight excluding hydrogens is 396 g/mol. The fourth-order valence-electron chi connectivity index (χ4n) is 3.62. The van der Waals surface area contributed by atoms with Crippen LogP contribution in [0.1, 0.15) is 34.6 Å². The first kappa shape index (κ1) is 22.7. The number of carbonyl (C=O) groups excluding carboxylic acids is 2. The highest BCUT2D eigenvalue weighted by Gasteiger charge is 2.34. The van der Waals surface area contributed by atoms with Crippen molar-refractivity contribution >= 4 is 17.5 Å². The number of nitrogens with zero attached hydrogens (tertiary/aromatic N) is 3. The van der Waals surface area contributed by atoms with Crippen molar-refractivity contribution in [2.45, 2.75) is 26.0 Å². The molecule has 8 nitrogen and oxygen atoms in total. The van der Waals surface area contributed by atoms with Gasteiger partial charge in [-0.3, -0.25) is 14.6 Å². The Hall–Kier alpha value is -2.97. The van der Waals surface area contributed by atoms with Gasteiger partial charge in [0.1, 0.15) is 6.10 Å². The molecule has 0 unspecified atom stereocenters. The Balaban J connectivity index is 2.04. The van der Waals surface area contributed by atoms with Crippen LogP contribution in [0.4, 0.5) is 5.69 Å². The summed E-state index contributed by atoms with van der Waals surface area (Å²) in [5.74, 6) is -0.181. The van der Waals surface area contributed by atoms with E-state index in [0.717, 1.165) is 0 Å². The number of rotatable bonds is 6. The van der Waals surface area contributed by atoms with Gasteiger partial charge in [0.2, 0.25) is 0 Å². The van der Waals surface area contributed by atoms with Crippen LogP contribution in [0, 0.1) is 5.92 Å². The molecule has 1 aliphatic heterocycles. The molecule has 3 atom stereocenters. The second-order valence-corrected chi connectivity index (χ2v) is 8.26. The van der Waals surface area contributed by atoms with E-state index in [1.54, 1.807) is 47.6 Å². The smallest absolute Gasteiger partial charge is 0.258 e. The third kappa shape index (κ3) is 5.21. The standard InChI is InChI=1S/C23H30N4O4/c1-15-12-27(16(2)14-28)23(30)18-6-5-7-19(21(18)31-20(15)13-26(3)4)25-22(29)17-8-10-24-11-9-17/h5-11,15-16,20,28H,12-14H2,1-4H3,(H,25,29)/t15-,16-,20+/m1/s1. The molecule has 0 fully saturated rings. The predicted octanol–water partition coefficient (Wildman–Crippen LogP) is 2.12. The number of aromatic nitrogens is 1. The molecule has 1 aromatic heterocycles. The van der Waals surface area contributed by atoms with E-state index in [1.165, 1.54) is 0 Å². The van der Waals surface area contributed by atoms with Crippen molar-refractivity contribution in [2.24, 2.45) is 5.92 Å². The number of nitrogens with one attached hydrogen (secondary N) is 1. The molecule has 8 heteroatoms. The minimum Gasteiger partial charge on any atom is -0.486 e. The van der Waals surface area contributed by atoms with Crippen LogP contribution in [0.2, 0.25) is 0 Å². The number of fused-ring (bicyclic) bond motifs is 1. The number of pyridine rings is 1. The summed E-state index contributed by atoms with van der Waals surface area (Å²) >= 11 is 0. The zero-order chi connectivity index (χ0) is 22.5. The fourth-order valence-corrected chi connectivity index (χ4v) is 3.62. The lowest BCUT2D eigenvalue weighted by Gasteiger charge is -2.38. The van der Waals surface area contributed by atoms with Crippen molar-refractivity contribution in [1.82, 2.24) is 14.8 Å². The molecule has 0 radical (unpaired) electrons. The number of benzene rings is 1. The maximum atomic E-state index is 13.4. The van der Waals surface area contributed by atoms with Gasteiger partial charge >= 0.3 is 0 Å². The topological polar surface area (TPSA) is 95.0 Å². The molecule has 0 bridgehead atoms. The molecule has 0 spiro atoms. The van der Waals surface area contributed by atoms with Gasteiger partial charge in [0.15, 0.2) is 5.75 Å². The number of para-hydroxylation sites is 1. The Morgan fingerprint density at radius 3 is 2.68 bits per heavy atom. The average molecular weight is 427 g/mol. The summed E-state index contributed by atoms with van der Waals surface area (Å²) in [6.45, 7) is 4.82. The second kappa shape index (κ2) is 9.89. The molecule has 0 saturated carbocycles. The van der Waals surface area contributed by atoms with E-state index in [2.05, 4.69) is 10.3 Å². The minimum atomic E-state index is -0.337. The van der Waals surface area contributed by atoms with E-state index >= 15 is 0 Å². The van der Waals surface area contributed by atoms with Gasteiger partial charge in [0.05, 0.1) is 23.9 Å². The number of carbonyl (C=O) groups is 2. The molecule has 2 amide bonds. The summed E-state index contributed by atoms with van der Waals surface area (Å²) in [5, 5.41) is 12.6. The summed E-state index contributed by atoms with van der Waals surface area (Å²) < 4.78 is 6.38. The molecule has 2 N–H and O–H groups in total. The predicted molar refractivity (Wildman–Crippen MR) is 118 cm³/mol. The van der Waals surface area contributed by atoms with Gasteiger partial charge in [0.25, 0.3) is 11.8 Å². The van der Waals surface area contributed by atoms with Crippen molar-refractivity contribution in [2.75, 3.05) is 39.1 Å². The maximum Gasteiger partial charge on any atom is 0.258 e. The lowest BCUT2D eigenvalue weighted by atomic mass is 9.99. The summed E-state index contributed by atoms with van der Waals surface area (Å²) in [4.78, 5) is 33.8. The molecule has 166 valence electrons. The van der Waals surface area contributed by atoms with Crippen LogP contribution in [0.5, 0.6) is 5.75 Å². The van der Waals surface area contributed by atoms with Crippen molar-refractivity contribution < 1.29 is 19.4 Å². The number of anilines is 1. The van der Waals surface area contributed by atoms with Gasteiger partial charge in [-0.2, -0.15) is 0 Å². The van der Waals surface area contributed by atoms with E-state index in [1.807, 2.05) is 32.8 Å². The molecule has 1 aliphatic rings. The van der Waals surface area contributed by atoms with Crippen molar-refractivity contribution in [1.29, 1.82) is 0 Å². The Labute approximate surface area is 182 Å². The van der Waals surface area contributed by atoms with E-state index in [-0.39, 0.29) is 36.5 Å². The molecular formula is C23H30N4O4. The third-order valence-corrected chi connectivity index (χ3v) is 5.43. The van der Waals surface area contributed by atoms with E-state index in [4.69, 9.17) is 4.74 Å². The number of hydrogen-bond acceptors (Lipinski definition) is 6. The lowest BCUT2D eigenvalue weighted by molar-refractivity contribution is 0.0365. The average Bonchev–Trinajstić information content (AvgIpc) is 2.76. The summed E-state index contributed by atoms with van der Waals surface area (Å²) in [7, 11) is 3.93. The third-order valence-electron chi connectivity index (χ3n) is 5.43. The minimum absolute atomic E-state index is 0.0115. The van der Waals surface area contributed by atoms with Gasteiger partial charge in [-0.05, 0) is 45.3 Å². The summed E-state index contributed by atoms with van der Waals surface area (Å²) in [6.07, 6.45) is 2.88. The number of ether oxygens (including phenoxy) is 1. The van der Waals surface area contributed by atoms with Crippen molar-refractivity contribution in [3.8, 4) is 5.75 Å². The van der Waals surface area contributed by atoms with E-state index < -0.39 is 0 Å². The number of aliphatic hydroxyl groups is 1.